The Morgan fingerprint density at radius 3 is 2.86 bits per heavy atom. The van der Waals surface area contributed by atoms with Gasteiger partial charge < -0.3 is 9.52 Å². The van der Waals surface area contributed by atoms with E-state index >= 15 is 0 Å². The molecule has 0 bridgehead atoms. The van der Waals surface area contributed by atoms with Crippen LogP contribution in [0.25, 0.3) is 0 Å². The highest BCUT2D eigenvalue weighted by Crippen LogP contribution is 2.61. The molecule has 0 spiro atoms. The van der Waals surface area contributed by atoms with E-state index < -0.39 is 0 Å². The number of hydrogen-bond acceptors (Lipinski definition) is 2. The van der Waals surface area contributed by atoms with Crippen molar-refractivity contribution in [1.82, 2.24) is 0 Å². The molecule has 2 heteroatoms. The fraction of sp³-hybridized carbons (Fsp3) is 0.700. The van der Waals surface area contributed by atoms with Gasteiger partial charge in [-0.2, -0.15) is 0 Å². The van der Waals surface area contributed by atoms with E-state index in [1.54, 1.807) is 6.26 Å². The minimum atomic E-state index is 0.0988. The molecule has 122 valence electrons. The van der Waals surface area contributed by atoms with Crippen LogP contribution in [0.4, 0.5) is 0 Å². The molecule has 2 fully saturated rings. The summed E-state index contributed by atoms with van der Waals surface area (Å²) in [6.07, 6.45) is 11.9. The van der Waals surface area contributed by atoms with Gasteiger partial charge in [-0.25, -0.2) is 0 Å². The largest absolute Gasteiger partial charge is 0.472 e. The molecular formula is C20H30O2. The minimum Gasteiger partial charge on any atom is -0.472 e. The second kappa shape index (κ2) is 5.88. The van der Waals surface area contributed by atoms with Gasteiger partial charge in [0.15, 0.2) is 0 Å². The maximum atomic E-state index is 10.0. The van der Waals surface area contributed by atoms with Crippen LogP contribution in [-0.4, -0.2) is 11.7 Å². The van der Waals surface area contributed by atoms with Gasteiger partial charge in [-0.05, 0) is 72.8 Å². The highest BCUT2D eigenvalue weighted by atomic mass is 16.3. The van der Waals surface area contributed by atoms with Gasteiger partial charge >= 0.3 is 0 Å². The van der Waals surface area contributed by atoms with E-state index in [0.717, 1.165) is 19.3 Å². The molecule has 2 nitrogen and oxygen atoms in total. The van der Waals surface area contributed by atoms with Crippen molar-refractivity contribution in [2.24, 2.45) is 22.7 Å². The summed E-state index contributed by atoms with van der Waals surface area (Å²) in [5.74, 6) is 1.20. The fourth-order valence-corrected chi connectivity index (χ4v) is 5.55. The van der Waals surface area contributed by atoms with Gasteiger partial charge in [0.25, 0.3) is 0 Å². The Labute approximate surface area is 134 Å². The summed E-state index contributed by atoms with van der Waals surface area (Å²) in [5, 5.41) is 10.0. The number of aliphatic hydroxyl groups is 1. The summed E-state index contributed by atoms with van der Waals surface area (Å²) in [4.78, 5) is 0. The van der Waals surface area contributed by atoms with Gasteiger partial charge in [0, 0.05) is 6.61 Å². The Morgan fingerprint density at radius 2 is 2.18 bits per heavy atom. The van der Waals surface area contributed by atoms with E-state index in [9.17, 15) is 5.11 Å². The van der Waals surface area contributed by atoms with Crippen molar-refractivity contribution < 1.29 is 9.52 Å². The molecule has 1 heterocycles. The van der Waals surface area contributed by atoms with Gasteiger partial charge in [0.2, 0.25) is 0 Å². The van der Waals surface area contributed by atoms with E-state index in [2.05, 4.69) is 26.5 Å². The highest BCUT2D eigenvalue weighted by molar-refractivity contribution is 5.17. The zero-order chi connectivity index (χ0) is 15.8. The zero-order valence-corrected chi connectivity index (χ0v) is 14.1. The lowest BCUT2D eigenvalue weighted by atomic mass is 9.47. The van der Waals surface area contributed by atoms with Crippen LogP contribution in [-0.2, 0) is 6.42 Å². The van der Waals surface area contributed by atoms with E-state index in [1.807, 2.05) is 6.26 Å². The van der Waals surface area contributed by atoms with Crippen LogP contribution < -0.4 is 0 Å². The number of aryl methyl sites for hydroxylation is 1. The molecule has 2 aliphatic carbocycles. The van der Waals surface area contributed by atoms with Crippen LogP contribution in [0.1, 0.15) is 57.9 Å². The van der Waals surface area contributed by atoms with Crippen molar-refractivity contribution >= 4 is 0 Å². The lowest BCUT2D eigenvalue weighted by Gasteiger charge is -2.58. The third-order valence-corrected chi connectivity index (χ3v) is 6.81. The topological polar surface area (TPSA) is 33.4 Å². The lowest BCUT2D eigenvalue weighted by Crippen LogP contribution is -2.51. The molecule has 1 aromatic rings. The molecule has 3 rings (SSSR count). The molecule has 0 unspecified atom stereocenters. The summed E-state index contributed by atoms with van der Waals surface area (Å²) >= 11 is 0. The second-order valence-corrected chi connectivity index (χ2v) is 8.14. The molecule has 4 atom stereocenters. The maximum absolute atomic E-state index is 10.0. The Balaban J connectivity index is 1.82. The lowest BCUT2D eigenvalue weighted by molar-refractivity contribution is -0.0858. The van der Waals surface area contributed by atoms with Gasteiger partial charge in [-0.3, -0.25) is 0 Å². The number of rotatable bonds is 4. The SMILES string of the molecule is C=C1CC[C@H]2[C@](C)(CO)CCC[C@@]2(C)[C@H]1CCc1ccoc1. The number of hydrogen-bond donors (Lipinski definition) is 1. The highest BCUT2D eigenvalue weighted by Gasteiger charge is 2.53. The van der Waals surface area contributed by atoms with Crippen LogP contribution in [0.15, 0.2) is 35.2 Å². The Hall–Kier alpha value is -1.02. The molecule has 0 radical (unpaired) electrons. The van der Waals surface area contributed by atoms with E-state index in [1.165, 1.54) is 36.8 Å². The molecule has 1 N–H and O–H groups in total. The fourth-order valence-electron chi connectivity index (χ4n) is 5.55. The van der Waals surface area contributed by atoms with Gasteiger partial charge in [-0.1, -0.05) is 32.4 Å². The second-order valence-electron chi connectivity index (χ2n) is 8.14. The first-order chi connectivity index (χ1) is 10.5. The summed E-state index contributed by atoms with van der Waals surface area (Å²) in [7, 11) is 0. The summed E-state index contributed by atoms with van der Waals surface area (Å²) in [6, 6.07) is 2.07. The average Bonchev–Trinajstić information content (AvgIpc) is 2.99. The van der Waals surface area contributed by atoms with Crippen molar-refractivity contribution in [3.05, 3.63) is 36.3 Å². The molecule has 0 amide bonds. The predicted octanol–water partition coefficient (Wildman–Crippen LogP) is 4.98. The van der Waals surface area contributed by atoms with E-state index in [-0.39, 0.29) is 5.41 Å². The van der Waals surface area contributed by atoms with Crippen molar-refractivity contribution in [2.45, 2.75) is 58.8 Å². The molecular weight excluding hydrogens is 272 g/mol. The van der Waals surface area contributed by atoms with Gasteiger partial charge in [-0.15, -0.1) is 0 Å². The molecule has 2 aliphatic rings. The maximum Gasteiger partial charge on any atom is 0.0934 e. The summed E-state index contributed by atoms with van der Waals surface area (Å²) < 4.78 is 5.21. The van der Waals surface area contributed by atoms with Crippen LogP contribution >= 0.6 is 0 Å². The first-order valence-corrected chi connectivity index (χ1v) is 8.79. The normalized spacial score (nSPS) is 38.8. The molecule has 2 saturated carbocycles. The van der Waals surface area contributed by atoms with E-state index in [4.69, 9.17) is 4.42 Å². The zero-order valence-electron chi connectivity index (χ0n) is 14.1. The van der Waals surface area contributed by atoms with Crippen LogP contribution in [0, 0.1) is 22.7 Å². The van der Waals surface area contributed by atoms with Crippen LogP contribution in [0.5, 0.6) is 0 Å². The molecule has 1 aromatic heterocycles. The molecule has 0 aliphatic heterocycles. The van der Waals surface area contributed by atoms with Crippen LogP contribution in [0.2, 0.25) is 0 Å². The van der Waals surface area contributed by atoms with Crippen molar-refractivity contribution in [1.29, 1.82) is 0 Å². The average molecular weight is 302 g/mol. The number of fused-ring (bicyclic) bond motifs is 1. The number of aliphatic hydroxyl groups excluding tert-OH is 1. The Morgan fingerprint density at radius 1 is 1.36 bits per heavy atom. The summed E-state index contributed by atoms with van der Waals surface area (Å²) in [5.41, 5.74) is 3.12. The quantitative estimate of drug-likeness (QED) is 0.795. The third kappa shape index (κ3) is 2.56. The monoisotopic (exact) mass is 302 g/mol. The molecule has 0 saturated heterocycles. The molecule has 22 heavy (non-hydrogen) atoms. The number of furan rings is 1. The van der Waals surface area contributed by atoms with Crippen LogP contribution in [0.3, 0.4) is 0 Å². The molecule has 0 aromatic carbocycles. The van der Waals surface area contributed by atoms with Crippen molar-refractivity contribution in [2.75, 3.05) is 6.61 Å². The summed E-state index contributed by atoms with van der Waals surface area (Å²) in [6.45, 7) is 9.52. The van der Waals surface area contributed by atoms with E-state index in [0.29, 0.717) is 23.9 Å². The first-order valence-electron chi connectivity index (χ1n) is 8.79. The Bertz CT molecular complexity index is 518. The number of allylic oxidation sites excluding steroid dienone is 1. The Kier molecular flexibility index (Phi) is 4.24. The van der Waals surface area contributed by atoms with Crippen molar-refractivity contribution in [3.8, 4) is 0 Å². The van der Waals surface area contributed by atoms with Gasteiger partial charge in [0.05, 0.1) is 12.5 Å². The predicted molar refractivity (Wildman–Crippen MR) is 89.5 cm³/mol. The standard InChI is InChI=1S/C20H30O2/c1-15-5-8-18-19(2,14-21)10-4-11-20(18,3)17(15)7-6-16-9-12-22-13-16/h9,12-13,17-18,21H,1,4-8,10-11,14H2,2-3H3/t17-,18-,19-,20-/m0/s1. The first kappa shape index (κ1) is 15.9. The van der Waals surface area contributed by atoms with Gasteiger partial charge in [0.1, 0.15) is 0 Å². The minimum absolute atomic E-state index is 0.0988. The third-order valence-electron chi connectivity index (χ3n) is 6.81. The van der Waals surface area contributed by atoms with Crippen molar-refractivity contribution in [3.63, 3.8) is 0 Å². The smallest absolute Gasteiger partial charge is 0.0934 e.